The van der Waals surface area contributed by atoms with Crippen molar-refractivity contribution in [3.8, 4) is 0 Å². The molecule has 2 aliphatic rings. The van der Waals surface area contributed by atoms with Crippen LogP contribution in [-0.4, -0.2) is 42.9 Å². The molecule has 5 heteroatoms. The van der Waals surface area contributed by atoms with Crippen LogP contribution in [0, 0.1) is 11.8 Å². The molecule has 26 heavy (non-hydrogen) atoms. The number of carbonyl (C=O) groups is 2. The number of hydrogen-bond acceptors (Lipinski definition) is 3. The maximum absolute atomic E-state index is 12.3. The fraction of sp³-hybridized carbons (Fsp3) is 0.619. The summed E-state index contributed by atoms with van der Waals surface area (Å²) in [7, 11) is 0. The molecule has 3 rings (SSSR count). The van der Waals surface area contributed by atoms with Gasteiger partial charge in [0.1, 0.15) is 6.42 Å². The van der Waals surface area contributed by atoms with Crippen molar-refractivity contribution in [2.45, 2.75) is 46.0 Å². The van der Waals surface area contributed by atoms with Crippen LogP contribution in [0.15, 0.2) is 24.3 Å². The molecule has 0 spiro atoms. The Labute approximate surface area is 156 Å². The summed E-state index contributed by atoms with van der Waals surface area (Å²) in [5.74, 6) is 1.20. The molecular weight excluding hydrogens is 326 g/mol. The molecule has 1 aromatic rings. The van der Waals surface area contributed by atoms with E-state index in [9.17, 15) is 9.59 Å². The third-order valence-corrected chi connectivity index (χ3v) is 5.75. The van der Waals surface area contributed by atoms with Crippen molar-refractivity contribution in [2.75, 3.05) is 36.4 Å². The minimum atomic E-state index is -0.229. The Morgan fingerprint density at radius 1 is 0.923 bits per heavy atom. The Morgan fingerprint density at radius 3 is 2.04 bits per heavy atom. The lowest BCUT2D eigenvalue weighted by molar-refractivity contribution is -0.135. The van der Waals surface area contributed by atoms with Gasteiger partial charge < -0.3 is 15.1 Å². The second kappa shape index (κ2) is 8.56. The highest BCUT2D eigenvalue weighted by atomic mass is 16.2. The maximum atomic E-state index is 12.3. The number of carbonyl (C=O) groups excluding carboxylic acids is 2. The molecule has 1 aromatic carbocycles. The molecule has 2 amide bonds. The molecule has 2 heterocycles. The Kier molecular flexibility index (Phi) is 6.17. The van der Waals surface area contributed by atoms with E-state index in [-0.39, 0.29) is 18.2 Å². The topological polar surface area (TPSA) is 52.7 Å². The fourth-order valence-electron chi connectivity index (χ4n) is 3.73. The number of rotatable bonds is 4. The minimum Gasteiger partial charge on any atom is -0.372 e. The Bertz CT molecular complexity index is 613. The minimum absolute atomic E-state index is 0.0616. The van der Waals surface area contributed by atoms with Crippen LogP contribution < -0.4 is 10.2 Å². The summed E-state index contributed by atoms with van der Waals surface area (Å²) in [5, 5.41) is 2.85. The van der Waals surface area contributed by atoms with E-state index in [1.54, 1.807) is 0 Å². The fourth-order valence-corrected chi connectivity index (χ4v) is 3.73. The standard InChI is InChI=1S/C21H31N3O2/c1-16-7-11-23(12-8-16)19-5-3-18(4-6-19)22-20(25)15-21(26)24-13-9-17(2)10-14-24/h3-6,16-17H,7-15H2,1-2H3,(H,22,25). The van der Waals surface area contributed by atoms with Crippen molar-refractivity contribution < 1.29 is 9.59 Å². The average molecular weight is 357 g/mol. The first-order valence-electron chi connectivity index (χ1n) is 9.94. The number of nitrogens with one attached hydrogen (secondary N) is 1. The Hall–Kier alpha value is -2.04. The monoisotopic (exact) mass is 357 g/mol. The summed E-state index contributed by atoms with van der Waals surface area (Å²) < 4.78 is 0. The lowest BCUT2D eigenvalue weighted by Gasteiger charge is -2.32. The van der Waals surface area contributed by atoms with Crippen LogP contribution in [0.2, 0.25) is 0 Å². The van der Waals surface area contributed by atoms with Crippen LogP contribution >= 0.6 is 0 Å². The van der Waals surface area contributed by atoms with Gasteiger partial charge >= 0.3 is 0 Å². The van der Waals surface area contributed by atoms with Crippen LogP contribution in [-0.2, 0) is 9.59 Å². The summed E-state index contributed by atoms with van der Waals surface area (Å²) in [5.41, 5.74) is 1.96. The number of hydrogen-bond donors (Lipinski definition) is 1. The molecule has 0 radical (unpaired) electrons. The highest BCUT2D eigenvalue weighted by Gasteiger charge is 2.22. The van der Waals surface area contributed by atoms with Crippen LogP contribution in [0.1, 0.15) is 46.0 Å². The van der Waals surface area contributed by atoms with E-state index in [4.69, 9.17) is 0 Å². The number of anilines is 2. The number of amides is 2. The molecule has 0 bridgehead atoms. The van der Waals surface area contributed by atoms with Gasteiger partial charge in [0, 0.05) is 37.6 Å². The third kappa shape index (κ3) is 4.99. The van der Waals surface area contributed by atoms with E-state index in [0.717, 1.165) is 50.6 Å². The zero-order valence-corrected chi connectivity index (χ0v) is 16.0. The molecule has 142 valence electrons. The molecule has 1 N–H and O–H groups in total. The van der Waals surface area contributed by atoms with Gasteiger partial charge in [-0.15, -0.1) is 0 Å². The van der Waals surface area contributed by atoms with Crippen LogP contribution in [0.25, 0.3) is 0 Å². The van der Waals surface area contributed by atoms with Crippen LogP contribution in [0.4, 0.5) is 11.4 Å². The van der Waals surface area contributed by atoms with Crippen molar-refractivity contribution in [3.63, 3.8) is 0 Å². The van der Waals surface area contributed by atoms with Gasteiger partial charge in [0.25, 0.3) is 0 Å². The van der Waals surface area contributed by atoms with Gasteiger partial charge in [-0.25, -0.2) is 0 Å². The lowest BCUT2D eigenvalue weighted by Crippen LogP contribution is -2.39. The van der Waals surface area contributed by atoms with Crippen molar-refractivity contribution in [1.29, 1.82) is 0 Å². The second-order valence-corrected chi connectivity index (χ2v) is 8.00. The van der Waals surface area contributed by atoms with E-state index in [1.165, 1.54) is 18.5 Å². The van der Waals surface area contributed by atoms with Crippen molar-refractivity contribution >= 4 is 23.2 Å². The van der Waals surface area contributed by atoms with E-state index in [2.05, 4.69) is 36.2 Å². The smallest absolute Gasteiger partial charge is 0.233 e. The Morgan fingerprint density at radius 2 is 1.46 bits per heavy atom. The van der Waals surface area contributed by atoms with Gasteiger partial charge in [-0.1, -0.05) is 13.8 Å². The molecule has 2 saturated heterocycles. The van der Waals surface area contributed by atoms with Gasteiger partial charge in [0.05, 0.1) is 0 Å². The largest absolute Gasteiger partial charge is 0.372 e. The van der Waals surface area contributed by atoms with Crippen molar-refractivity contribution in [1.82, 2.24) is 4.90 Å². The third-order valence-electron chi connectivity index (χ3n) is 5.75. The molecular formula is C21H31N3O2. The SMILES string of the molecule is CC1CCN(C(=O)CC(=O)Nc2ccc(N3CCC(C)CC3)cc2)CC1. The highest BCUT2D eigenvalue weighted by molar-refractivity contribution is 6.03. The number of likely N-dealkylation sites (tertiary alicyclic amines) is 1. The summed E-state index contributed by atoms with van der Waals surface area (Å²) in [6.07, 6.45) is 4.46. The van der Waals surface area contributed by atoms with Crippen LogP contribution in [0.3, 0.4) is 0 Å². The summed E-state index contributed by atoms with van der Waals surface area (Å²) in [6.45, 7) is 8.25. The maximum Gasteiger partial charge on any atom is 0.233 e. The molecule has 5 nitrogen and oxygen atoms in total. The number of piperidine rings is 2. The van der Waals surface area contributed by atoms with Gasteiger partial charge in [0.15, 0.2) is 0 Å². The van der Waals surface area contributed by atoms with Crippen molar-refractivity contribution in [3.05, 3.63) is 24.3 Å². The molecule has 2 aliphatic heterocycles. The van der Waals surface area contributed by atoms with E-state index in [0.29, 0.717) is 5.92 Å². The molecule has 0 atom stereocenters. The molecule has 2 fully saturated rings. The zero-order chi connectivity index (χ0) is 18.5. The van der Waals surface area contributed by atoms with Crippen LogP contribution in [0.5, 0.6) is 0 Å². The second-order valence-electron chi connectivity index (χ2n) is 8.00. The Balaban J connectivity index is 1.47. The average Bonchev–Trinajstić information content (AvgIpc) is 2.63. The summed E-state index contributed by atoms with van der Waals surface area (Å²) in [6, 6.07) is 7.97. The normalized spacial score (nSPS) is 19.5. The van der Waals surface area contributed by atoms with Gasteiger partial charge in [-0.05, 0) is 61.8 Å². The number of benzene rings is 1. The van der Waals surface area contributed by atoms with Gasteiger partial charge in [-0.2, -0.15) is 0 Å². The first-order valence-corrected chi connectivity index (χ1v) is 9.94. The molecule has 0 aromatic heterocycles. The quantitative estimate of drug-likeness (QED) is 0.839. The van der Waals surface area contributed by atoms with Gasteiger partial charge in [-0.3, -0.25) is 9.59 Å². The zero-order valence-electron chi connectivity index (χ0n) is 16.0. The van der Waals surface area contributed by atoms with E-state index in [1.807, 2.05) is 17.0 Å². The predicted octanol–water partition coefficient (Wildman–Crippen LogP) is 3.51. The molecule has 0 saturated carbocycles. The first kappa shape index (κ1) is 18.7. The van der Waals surface area contributed by atoms with Crippen molar-refractivity contribution in [2.24, 2.45) is 11.8 Å². The predicted molar refractivity (Wildman–Crippen MR) is 105 cm³/mol. The molecule has 0 unspecified atom stereocenters. The van der Waals surface area contributed by atoms with Gasteiger partial charge in [0.2, 0.25) is 11.8 Å². The summed E-state index contributed by atoms with van der Waals surface area (Å²) >= 11 is 0. The summed E-state index contributed by atoms with van der Waals surface area (Å²) in [4.78, 5) is 28.6. The lowest BCUT2D eigenvalue weighted by atomic mass is 9.99. The highest BCUT2D eigenvalue weighted by Crippen LogP contribution is 2.24. The van der Waals surface area contributed by atoms with E-state index >= 15 is 0 Å². The first-order chi connectivity index (χ1) is 12.5. The van der Waals surface area contributed by atoms with E-state index < -0.39 is 0 Å². The number of nitrogens with zero attached hydrogens (tertiary/aromatic N) is 2. The molecule has 0 aliphatic carbocycles.